The lowest BCUT2D eigenvalue weighted by atomic mass is 9.61. The van der Waals surface area contributed by atoms with Crippen LogP contribution in [0.5, 0.6) is 5.75 Å². The second-order valence-electron chi connectivity index (χ2n) is 8.02. The minimum Gasteiger partial charge on any atom is -0.467 e. The molecule has 2 fully saturated rings. The van der Waals surface area contributed by atoms with Crippen molar-refractivity contribution >= 4 is 17.8 Å². The molecule has 1 saturated heterocycles. The Labute approximate surface area is 164 Å². The molecule has 0 radical (unpaired) electrons. The lowest BCUT2D eigenvalue weighted by Crippen LogP contribution is -2.69. The molecule has 2 aromatic rings. The van der Waals surface area contributed by atoms with Crippen LogP contribution in [0.1, 0.15) is 42.7 Å². The van der Waals surface area contributed by atoms with Crippen LogP contribution in [-0.2, 0) is 9.59 Å². The quantitative estimate of drug-likeness (QED) is 0.652. The third-order valence-electron chi connectivity index (χ3n) is 6.44. The molecule has 0 spiro atoms. The van der Waals surface area contributed by atoms with Crippen LogP contribution in [0.3, 0.4) is 0 Å². The van der Waals surface area contributed by atoms with Gasteiger partial charge in [0.25, 0.3) is 0 Å². The smallest absolute Gasteiger partial charge is 0.234 e. The number of amides is 1. The average Bonchev–Trinajstić information content (AvgIpc) is 2.72. The van der Waals surface area contributed by atoms with Crippen LogP contribution in [0.2, 0.25) is 0 Å². The molecule has 2 aromatic carbocycles. The molecule has 0 aromatic heterocycles. The molecule has 142 valence electrons. The minimum atomic E-state index is -0.707. The van der Waals surface area contributed by atoms with Crippen LogP contribution < -0.4 is 10.1 Å². The van der Waals surface area contributed by atoms with Crippen LogP contribution in [0.15, 0.2) is 60.7 Å². The van der Waals surface area contributed by atoms with E-state index in [1.165, 1.54) is 0 Å². The van der Waals surface area contributed by atoms with Gasteiger partial charge in [0, 0.05) is 18.3 Å². The van der Waals surface area contributed by atoms with E-state index in [2.05, 4.69) is 5.32 Å². The summed E-state index contributed by atoms with van der Waals surface area (Å²) in [5.41, 5.74) is 1.28. The number of carbonyl (C=O) groups is 2. The van der Waals surface area contributed by atoms with E-state index in [9.17, 15) is 9.59 Å². The van der Waals surface area contributed by atoms with Crippen LogP contribution in [0.25, 0.3) is 6.08 Å². The fourth-order valence-corrected chi connectivity index (χ4v) is 5.22. The van der Waals surface area contributed by atoms with Gasteiger partial charge in [-0.2, -0.15) is 0 Å². The van der Waals surface area contributed by atoms with Crippen molar-refractivity contribution in [1.29, 1.82) is 0 Å². The molecule has 1 aliphatic carbocycles. The zero-order valence-electron chi connectivity index (χ0n) is 15.6. The first-order valence-electron chi connectivity index (χ1n) is 10.0. The molecule has 2 bridgehead atoms. The first kappa shape index (κ1) is 17.2. The summed E-state index contributed by atoms with van der Waals surface area (Å²) in [6.45, 7) is 0. The Morgan fingerprint density at radius 1 is 1.07 bits per heavy atom. The molecule has 4 atom stereocenters. The molecular formula is C24H23NO3. The third kappa shape index (κ3) is 2.67. The summed E-state index contributed by atoms with van der Waals surface area (Å²) in [7, 11) is 0. The van der Waals surface area contributed by atoms with E-state index < -0.39 is 11.6 Å². The lowest BCUT2D eigenvalue weighted by molar-refractivity contribution is -0.160. The molecule has 4 nitrogen and oxygen atoms in total. The Bertz CT molecular complexity index is 951. The number of carbonyl (C=O) groups excluding carboxylic acids is 2. The summed E-state index contributed by atoms with van der Waals surface area (Å²) >= 11 is 0. The van der Waals surface area contributed by atoms with E-state index in [0.717, 1.165) is 42.6 Å². The number of hydrogen-bond acceptors (Lipinski definition) is 3. The fraction of sp³-hybridized carbons (Fsp3) is 0.333. The normalized spacial score (nSPS) is 30.7. The van der Waals surface area contributed by atoms with Gasteiger partial charge in [0.15, 0.2) is 11.5 Å². The number of fused-ring (bicyclic) bond motifs is 2. The highest BCUT2D eigenvalue weighted by Crippen LogP contribution is 2.55. The van der Waals surface area contributed by atoms with Gasteiger partial charge in [0.2, 0.25) is 5.91 Å². The summed E-state index contributed by atoms with van der Waals surface area (Å²) in [5.74, 6) is -0.251. The first-order valence-corrected chi connectivity index (χ1v) is 10.0. The minimum absolute atomic E-state index is 0.132. The molecule has 1 amide bonds. The summed E-state index contributed by atoms with van der Waals surface area (Å²) in [5, 5.41) is 3.12. The van der Waals surface area contributed by atoms with Crippen LogP contribution in [0.4, 0.5) is 0 Å². The van der Waals surface area contributed by atoms with Crippen LogP contribution >= 0.6 is 0 Å². The monoisotopic (exact) mass is 373 g/mol. The fourth-order valence-electron chi connectivity index (χ4n) is 5.22. The van der Waals surface area contributed by atoms with Crippen LogP contribution in [0, 0.1) is 11.8 Å². The number of ether oxygens (including phenoxy) is 1. The van der Waals surface area contributed by atoms with Gasteiger partial charge in [0.05, 0.1) is 0 Å². The lowest BCUT2D eigenvalue weighted by Gasteiger charge is -2.56. The number of benzene rings is 2. The van der Waals surface area contributed by atoms with E-state index in [1.54, 1.807) is 12.2 Å². The van der Waals surface area contributed by atoms with Crippen molar-refractivity contribution < 1.29 is 14.3 Å². The summed E-state index contributed by atoms with van der Waals surface area (Å²) in [4.78, 5) is 26.2. The SMILES string of the molecule is O=C(/C=C/c1ccccc1)C1C(=O)NC23CCCCC2C1c1ccccc1O3. The maximum Gasteiger partial charge on any atom is 0.234 e. The van der Waals surface area contributed by atoms with E-state index in [0.29, 0.717) is 0 Å². The predicted molar refractivity (Wildman–Crippen MR) is 107 cm³/mol. The number of rotatable bonds is 3. The number of hydrogen-bond donors (Lipinski definition) is 1. The molecular weight excluding hydrogens is 350 g/mol. The number of nitrogens with one attached hydrogen (secondary N) is 1. The molecule has 3 aliphatic rings. The van der Waals surface area contributed by atoms with Crippen molar-refractivity contribution in [2.45, 2.75) is 37.3 Å². The predicted octanol–water partition coefficient (Wildman–Crippen LogP) is 4.08. The maximum atomic E-state index is 13.2. The Kier molecular flexibility index (Phi) is 4.08. The number of para-hydroxylation sites is 1. The van der Waals surface area contributed by atoms with Gasteiger partial charge in [-0.25, -0.2) is 0 Å². The molecule has 2 heterocycles. The Hall–Kier alpha value is -2.88. The van der Waals surface area contributed by atoms with Gasteiger partial charge in [-0.3, -0.25) is 9.59 Å². The summed E-state index contributed by atoms with van der Waals surface area (Å²) in [6.07, 6.45) is 7.25. The van der Waals surface area contributed by atoms with Gasteiger partial charge < -0.3 is 10.1 Å². The topological polar surface area (TPSA) is 55.4 Å². The summed E-state index contributed by atoms with van der Waals surface area (Å²) < 4.78 is 6.36. The first-order chi connectivity index (χ1) is 13.7. The van der Waals surface area contributed by atoms with E-state index in [1.807, 2.05) is 54.6 Å². The molecule has 4 heteroatoms. The van der Waals surface area contributed by atoms with Crippen molar-refractivity contribution in [2.24, 2.45) is 11.8 Å². The highest BCUT2D eigenvalue weighted by atomic mass is 16.5. The van der Waals surface area contributed by atoms with E-state index in [-0.39, 0.29) is 23.5 Å². The Morgan fingerprint density at radius 2 is 1.86 bits per heavy atom. The third-order valence-corrected chi connectivity index (χ3v) is 6.44. The zero-order chi connectivity index (χ0) is 19.1. The molecule has 4 unspecified atom stereocenters. The number of ketones is 1. The molecule has 1 N–H and O–H groups in total. The van der Waals surface area contributed by atoms with Crippen molar-refractivity contribution in [2.75, 3.05) is 0 Å². The van der Waals surface area contributed by atoms with Crippen molar-refractivity contribution in [3.05, 3.63) is 71.8 Å². The van der Waals surface area contributed by atoms with Gasteiger partial charge in [0.1, 0.15) is 11.7 Å². The number of piperidine rings is 1. The standard InChI is InChI=1S/C24H23NO3/c26-19(14-13-16-8-2-1-3-9-16)22-21-17-10-4-5-12-20(17)28-24(25-23(22)27)15-7-6-11-18(21)24/h1-5,8-10,12-14,18,21-22H,6-7,11,15H2,(H,25,27)/b14-13+. The van der Waals surface area contributed by atoms with Gasteiger partial charge >= 0.3 is 0 Å². The second-order valence-corrected chi connectivity index (χ2v) is 8.02. The largest absolute Gasteiger partial charge is 0.467 e. The Morgan fingerprint density at radius 3 is 2.71 bits per heavy atom. The van der Waals surface area contributed by atoms with Gasteiger partial charge in [-0.05, 0) is 36.1 Å². The second kappa shape index (κ2) is 6.62. The molecule has 5 rings (SSSR count). The highest BCUT2D eigenvalue weighted by molar-refractivity contribution is 6.10. The molecule has 2 aliphatic heterocycles. The summed E-state index contributed by atoms with van der Waals surface area (Å²) in [6, 6.07) is 17.6. The molecule has 1 saturated carbocycles. The zero-order valence-corrected chi connectivity index (χ0v) is 15.6. The average molecular weight is 373 g/mol. The van der Waals surface area contributed by atoms with Gasteiger partial charge in [-0.15, -0.1) is 0 Å². The van der Waals surface area contributed by atoms with Gasteiger partial charge in [-0.1, -0.05) is 61.0 Å². The van der Waals surface area contributed by atoms with Crippen molar-refractivity contribution in [1.82, 2.24) is 5.32 Å². The van der Waals surface area contributed by atoms with Crippen molar-refractivity contribution in [3.8, 4) is 5.75 Å². The van der Waals surface area contributed by atoms with Crippen LogP contribution in [-0.4, -0.2) is 17.4 Å². The highest BCUT2D eigenvalue weighted by Gasteiger charge is 2.60. The Balaban J connectivity index is 1.55. The van der Waals surface area contributed by atoms with E-state index in [4.69, 9.17) is 4.74 Å². The van der Waals surface area contributed by atoms with E-state index >= 15 is 0 Å². The van der Waals surface area contributed by atoms with Crippen molar-refractivity contribution in [3.63, 3.8) is 0 Å². The maximum absolute atomic E-state index is 13.2. The molecule has 28 heavy (non-hydrogen) atoms. The number of allylic oxidation sites excluding steroid dienone is 1.